The average Bonchev–Trinajstić information content (AvgIpc) is 2.76. The van der Waals surface area contributed by atoms with Gasteiger partial charge < -0.3 is 14.4 Å². The maximum atomic E-state index is 13.6. The molecule has 0 fully saturated rings. The van der Waals surface area contributed by atoms with E-state index in [1.165, 1.54) is 7.11 Å². The molecule has 1 aliphatic rings. The van der Waals surface area contributed by atoms with E-state index in [2.05, 4.69) is 4.98 Å². The highest BCUT2D eigenvalue weighted by molar-refractivity contribution is 6.14. The van der Waals surface area contributed by atoms with Gasteiger partial charge in [-0.1, -0.05) is 0 Å². The summed E-state index contributed by atoms with van der Waals surface area (Å²) in [7, 11) is 2.97. The van der Waals surface area contributed by atoms with Crippen LogP contribution in [0.4, 0.5) is 5.69 Å². The fourth-order valence-corrected chi connectivity index (χ4v) is 3.84. The highest BCUT2D eigenvalue weighted by Gasteiger charge is 2.26. The van der Waals surface area contributed by atoms with Crippen LogP contribution in [0.5, 0.6) is 5.75 Å². The Morgan fingerprint density at radius 1 is 1.07 bits per heavy atom. The third kappa shape index (κ3) is 3.42. The topological polar surface area (TPSA) is 68.7 Å². The van der Waals surface area contributed by atoms with Gasteiger partial charge in [0.15, 0.2) is 0 Å². The van der Waals surface area contributed by atoms with Gasteiger partial charge >= 0.3 is 5.97 Å². The second-order valence-corrected chi connectivity index (χ2v) is 7.09. The summed E-state index contributed by atoms with van der Waals surface area (Å²) < 4.78 is 10.2. The minimum Gasteiger partial charge on any atom is -0.497 e. The number of pyridine rings is 1. The van der Waals surface area contributed by atoms with Crippen LogP contribution in [0.15, 0.2) is 42.5 Å². The van der Waals surface area contributed by atoms with Gasteiger partial charge in [0.05, 0.1) is 30.9 Å². The van der Waals surface area contributed by atoms with Gasteiger partial charge in [-0.3, -0.25) is 9.78 Å². The number of aryl methyl sites for hydroxylation is 2. The summed E-state index contributed by atoms with van der Waals surface area (Å²) in [5, 5.41) is 0.762. The van der Waals surface area contributed by atoms with Crippen molar-refractivity contribution >= 4 is 28.5 Å². The number of carbonyl (C=O) groups excluding carboxylic acids is 2. The zero-order valence-electron chi connectivity index (χ0n) is 16.7. The third-order valence-corrected chi connectivity index (χ3v) is 5.24. The van der Waals surface area contributed by atoms with E-state index in [1.54, 1.807) is 18.1 Å². The lowest BCUT2D eigenvalue weighted by molar-refractivity contribution is 0.0600. The van der Waals surface area contributed by atoms with Crippen molar-refractivity contribution in [2.45, 2.75) is 19.8 Å². The molecule has 6 heteroatoms. The quantitative estimate of drug-likeness (QED) is 0.634. The largest absolute Gasteiger partial charge is 0.497 e. The van der Waals surface area contributed by atoms with E-state index in [-0.39, 0.29) is 11.9 Å². The summed E-state index contributed by atoms with van der Waals surface area (Å²) in [6, 6.07) is 12.7. The van der Waals surface area contributed by atoms with Gasteiger partial charge in [0, 0.05) is 23.3 Å². The predicted molar refractivity (Wildman–Crippen MR) is 111 cm³/mol. The molecule has 4 rings (SSSR count). The molecule has 29 heavy (non-hydrogen) atoms. The lowest BCUT2D eigenvalue weighted by atomic mass is 9.97. The van der Waals surface area contributed by atoms with Gasteiger partial charge in [0.1, 0.15) is 5.75 Å². The fourth-order valence-electron chi connectivity index (χ4n) is 3.84. The summed E-state index contributed by atoms with van der Waals surface area (Å²) in [4.78, 5) is 31.8. The minimum atomic E-state index is -0.376. The molecule has 1 aliphatic heterocycles. The number of rotatable bonds is 3. The van der Waals surface area contributed by atoms with E-state index < -0.39 is 0 Å². The van der Waals surface area contributed by atoms with Crippen molar-refractivity contribution in [3.8, 4) is 5.75 Å². The molecule has 0 aliphatic carbocycles. The maximum absolute atomic E-state index is 13.6. The van der Waals surface area contributed by atoms with Crippen LogP contribution in [0.1, 0.15) is 38.4 Å². The van der Waals surface area contributed by atoms with Crippen LogP contribution in [0.25, 0.3) is 10.9 Å². The number of nitrogens with zero attached hydrogens (tertiary/aromatic N) is 2. The van der Waals surface area contributed by atoms with Gasteiger partial charge in [0.25, 0.3) is 5.91 Å². The number of esters is 1. The van der Waals surface area contributed by atoms with Crippen molar-refractivity contribution in [1.29, 1.82) is 0 Å². The molecule has 6 nitrogen and oxygen atoms in total. The van der Waals surface area contributed by atoms with Crippen molar-refractivity contribution in [1.82, 2.24) is 4.98 Å². The Morgan fingerprint density at radius 3 is 2.66 bits per heavy atom. The molecule has 0 bridgehead atoms. The normalized spacial score (nSPS) is 13.1. The number of carbonyl (C=O) groups is 2. The Balaban J connectivity index is 1.79. The first-order valence-electron chi connectivity index (χ1n) is 9.50. The van der Waals surface area contributed by atoms with Gasteiger partial charge in [-0.25, -0.2) is 4.79 Å². The molecule has 0 unspecified atom stereocenters. The summed E-state index contributed by atoms with van der Waals surface area (Å²) in [5.74, 6) is 0.221. The predicted octanol–water partition coefficient (Wildman–Crippen LogP) is 3.93. The molecule has 0 radical (unpaired) electrons. The van der Waals surface area contributed by atoms with Crippen LogP contribution in [0.2, 0.25) is 0 Å². The number of hydrogen-bond acceptors (Lipinski definition) is 5. The van der Waals surface area contributed by atoms with Gasteiger partial charge in [0.2, 0.25) is 0 Å². The Morgan fingerprint density at radius 2 is 1.90 bits per heavy atom. The number of methoxy groups -OCH3 is 2. The summed E-state index contributed by atoms with van der Waals surface area (Å²) in [6.45, 7) is 2.50. The molecule has 148 valence electrons. The zero-order valence-corrected chi connectivity index (χ0v) is 16.7. The summed E-state index contributed by atoms with van der Waals surface area (Å²) >= 11 is 0. The van der Waals surface area contributed by atoms with E-state index in [1.807, 2.05) is 43.3 Å². The number of amides is 1. The average molecular weight is 390 g/mol. The molecule has 2 heterocycles. The third-order valence-electron chi connectivity index (χ3n) is 5.24. The molecule has 0 atom stereocenters. The smallest absolute Gasteiger partial charge is 0.337 e. The summed E-state index contributed by atoms with van der Waals surface area (Å²) in [5.41, 5.74) is 4.43. The van der Waals surface area contributed by atoms with Crippen LogP contribution in [-0.4, -0.2) is 37.6 Å². The fraction of sp³-hybridized carbons (Fsp3) is 0.261. The lowest BCUT2D eigenvalue weighted by Crippen LogP contribution is -2.35. The number of benzene rings is 2. The highest BCUT2D eigenvalue weighted by Crippen LogP contribution is 2.32. The van der Waals surface area contributed by atoms with Crippen molar-refractivity contribution in [3.63, 3.8) is 0 Å². The first-order valence-corrected chi connectivity index (χ1v) is 9.50. The van der Waals surface area contributed by atoms with Gasteiger partial charge in [-0.05, 0) is 67.8 Å². The molecule has 0 N–H and O–H groups in total. The Kier molecular flexibility index (Phi) is 4.92. The molecule has 2 aromatic carbocycles. The van der Waals surface area contributed by atoms with Gasteiger partial charge in [-0.15, -0.1) is 0 Å². The van der Waals surface area contributed by atoms with E-state index in [0.717, 1.165) is 40.7 Å². The Labute approximate surface area is 169 Å². The van der Waals surface area contributed by atoms with Crippen molar-refractivity contribution in [2.75, 3.05) is 25.7 Å². The Hall–Kier alpha value is -3.41. The monoisotopic (exact) mass is 390 g/mol. The molecule has 0 saturated carbocycles. The van der Waals surface area contributed by atoms with Crippen LogP contribution in [0, 0.1) is 6.92 Å². The van der Waals surface area contributed by atoms with Crippen molar-refractivity contribution < 1.29 is 19.1 Å². The number of ether oxygens (including phenoxy) is 2. The molecule has 0 saturated heterocycles. The molecular weight excluding hydrogens is 368 g/mol. The van der Waals surface area contributed by atoms with E-state index in [0.29, 0.717) is 23.4 Å². The SMILES string of the molecule is COC(=O)c1ccc2c(c1)CCCN2C(=O)c1cc(C)nc2ccc(OC)cc12. The number of anilines is 1. The molecular formula is C23H22N2O4. The second kappa shape index (κ2) is 7.54. The van der Waals surface area contributed by atoms with Crippen molar-refractivity contribution in [3.05, 3.63) is 64.8 Å². The molecule has 3 aromatic rings. The molecule has 1 aromatic heterocycles. The van der Waals surface area contributed by atoms with Crippen LogP contribution in [0.3, 0.4) is 0 Å². The molecule has 0 spiro atoms. The maximum Gasteiger partial charge on any atom is 0.337 e. The zero-order chi connectivity index (χ0) is 20.5. The second-order valence-electron chi connectivity index (χ2n) is 7.09. The summed E-state index contributed by atoms with van der Waals surface area (Å²) in [6.07, 6.45) is 1.64. The minimum absolute atomic E-state index is 0.0829. The lowest BCUT2D eigenvalue weighted by Gasteiger charge is -2.30. The van der Waals surface area contributed by atoms with Crippen molar-refractivity contribution in [2.24, 2.45) is 0 Å². The van der Waals surface area contributed by atoms with E-state index >= 15 is 0 Å². The first-order chi connectivity index (χ1) is 14.0. The highest BCUT2D eigenvalue weighted by atomic mass is 16.5. The standard InChI is InChI=1S/C23H22N2O4/c1-14-11-19(18-13-17(28-2)7-8-20(18)24-14)22(26)25-10-4-5-15-12-16(23(27)29-3)6-9-21(15)25/h6-9,11-13H,4-5,10H2,1-3H3. The Bertz CT molecular complexity index is 1120. The first kappa shape index (κ1) is 18.9. The van der Waals surface area contributed by atoms with Gasteiger partial charge in [-0.2, -0.15) is 0 Å². The number of fused-ring (bicyclic) bond motifs is 2. The van der Waals surface area contributed by atoms with E-state index in [9.17, 15) is 9.59 Å². The van der Waals surface area contributed by atoms with E-state index in [4.69, 9.17) is 9.47 Å². The van der Waals surface area contributed by atoms with Crippen LogP contribution < -0.4 is 9.64 Å². The van der Waals surface area contributed by atoms with Crippen LogP contribution >= 0.6 is 0 Å². The van der Waals surface area contributed by atoms with Crippen LogP contribution in [-0.2, 0) is 11.2 Å². The number of hydrogen-bond donors (Lipinski definition) is 0. The molecule has 1 amide bonds. The number of aromatic nitrogens is 1.